The van der Waals surface area contributed by atoms with Crippen molar-refractivity contribution in [3.63, 3.8) is 0 Å². The van der Waals surface area contributed by atoms with E-state index in [9.17, 15) is 9.18 Å². The third-order valence-corrected chi connectivity index (χ3v) is 2.96. The highest BCUT2D eigenvalue weighted by Crippen LogP contribution is 2.21. The monoisotopic (exact) mass is 240 g/mol. The van der Waals surface area contributed by atoms with Gasteiger partial charge in [0.25, 0.3) is 0 Å². The number of hydrogen-bond donors (Lipinski definition) is 0. The van der Waals surface area contributed by atoms with E-state index in [4.69, 9.17) is 11.6 Å². The summed E-state index contributed by atoms with van der Waals surface area (Å²) in [4.78, 5) is 11.8. The zero-order valence-corrected chi connectivity index (χ0v) is 9.11. The first-order chi connectivity index (χ1) is 7.18. The van der Waals surface area contributed by atoms with Crippen molar-refractivity contribution in [1.82, 2.24) is 0 Å². The van der Waals surface area contributed by atoms with Crippen molar-refractivity contribution in [3.05, 3.63) is 57.0 Å². The molecule has 0 atom stereocenters. The van der Waals surface area contributed by atoms with Gasteiger partial charge in [-0.05, 0) is 29.6 Å². The lowest BCUT2D eigenvalue weighted by Gasteiger charge is -2.01. The SMILES string of the molecule is O=C(c1ccsc1)c1ccc(F)cc1Cl. The van der Waals surface area contributed by atoms with Crippen LogP contribution in [0.2, 0.25) is 5.02 Å². The minimum Gasteiger partial charge on any atom is -0.289 e. The van der Waals surface area contributed by atoms with E-state index in [-0.39, 0.29) is 10.8 Å². The van der Waals surface area contributed by atoms with E-state index in [1.807, 2.05) is 5.38 Å². The Kier molecular flexibility index (Phi) is 2.84. The van der Waals surface area contributed by atoms with Crippen LogP contribution in [0, 0.1) is 5.82 Å². The molecule has 0 N–H and O–H groups in total. The van der Waals surface area contributed by atoms with Gasteiger partial charge < -0.3 is 0 Å². The van der Waals surface area contributed by atoms with Crippen LogP contribution < -0.4 is 0 Å². The summed E-state index contributed by atoms with van der Waals surface area (Å²) in [6.45, 7) is 0. The summed E-state index contributed by atoms with van der Waals surface area (Å²) in [6, 6.07) is 5.48. The summed E-state index contributed by atoms with van der Waals surface area (Å²) in [5, 5.41) is 3.69. The molecule has 2 rings (SSSR count). The van der Waals surface area contributed by atoms with Gasteiger partial charge in [0.2, 0.25) is 0 Å². The van der Waals surface area contributed by atoms with Crippen LogP contribution in [0.1, 0.15) is 15.9 Å². The van der Waals surface area contributed by atoms with Crippen LogP contribution in [0.25, 0.3) is 0 Å². The van der Waals surface area contributed by atoms with E-state index in [1.54, 1.807) is 11.4 Å². The van der Waals surface area contributed by atoms with Gasteiger partial charge in [0, 0.05) is 16.5 Å². The third-order valence-electron chi connectivity index (χ3n) is 1.96. The molecule has 1 aromatic heterocycles. The highest BCUT2D eigenvalue weighted by molar-refractivity contribution is 7.08. The Morgan fingerprint density at radius 3 is 2.73 bits per heavy atom. The highest BCUT2D eigenvalue weighted by Gasteiger charge is 2.13. The van der Waals surface area contributed by atoms with E-state index in [2.05, 4.69) is 0 Å². The Morgan fingerprint density at radius 1 is 1.33 bits per heavy atom. The number of carbonyl (C=O) groups excluding carboxylic acids is 1. The van der Waals surface area contributed by atoms with Gasteiger partial charge in [-0.2, -0.15) is 11.3 Å². The molecule has 0 saturated carbocycles. The zero-order chi connectivity index (χ0) is 10.8. The average Bonchev–Trinajstić information content (AvgIpc) is 2.69. The maximum atomic E-state index is 12.8. The molecule has 1 aromatic carbocycles. The van der Waals surface area contributed by atoms with Gasteiger partial charge in [0.15, 0.2) is 5.78 Å². The van der Waals surface area contributed by atoms with Gasteiger partial charge >= 0.3 is 0 Å². The number of hydrogen-bond acceptors (Lipinski definition) is 2. The normalized spacial score (nSPS) is 10.3. The van der Waals surface area contributed by atoms with Crippen molar-refractivity contribution >= 4 is 28.7 Å². The summed E-state index contributed by atoms with van der Waals surface area (Å²) in [5.41, 5.74) is 0.907. The first-order valence-electron chi connectivity index (χ1n) is 4.20. The van der Waals surface area contributed by atoms with Crippen molar-refractivity contribution in [2.75, 3.05) is 0 Å². The smallest absolute Gasteiger partial charge is 0.195 e. The van der Waals surface area contributed by atoms with Gasteiger partial charge in [-0.1, -0.05) is 11.6 Å². The summed E-state index contributed by atoms with van der Waals surface area (Å²) in [5.74, 6) is -0.622. The molecule has 0 aliphatic rings. The van der Waals surface area contributed by atoms with Crippen LogP contribution >= 0.6 is 22.9 Å². The highest BCUT2D eigenvalue weighted by atomic mass is 35.5. The van der Waals surface area contributed by atoms with E-state index >= 15 is 0 Å². The van der Waals surface area contributed by atoms with Crippen molar-refractivity contribution < 1.29 is 9.18 Å². The van der Waals surface area contributed by atoms with Crippen LogP contribution in [0.4, 0.5) is 4.39 Å². The molecule has 0 aliphatic carbocycles. The molecule has 1 nitrogen and oxygen atoms in total. The molecule has 0 radical (unpaired) electrons. The number of ketones is 1. The van der Waals surface area contributed by atoms with Crippen LogP contribution in [0.15, 0.2) is 35.0 Å². The van der Waals surface area contributed by atoms with Crippen LogP contribution in [-0.2, 0) is 0 Å². The zero-order valence-electron chi connectivity index (χ0n) is 7.54. The van der Waals surface area contributed by atoms with Gasteiger partial charge in [0.1, 0.15) is 5.82 Å². The minimum atomic E-state index is -0.443. The maximum absolute atomic E-state index is 12.8. The number of benzene rings is 1. The fourth-order valence-corrected chi connectivity index (χ4v) is 2.11. The molecular weight excluding hydrogens is 235 g/mol. The molecule has 76 valence electrons. The number of carbonyl (C=O) groups is 1. The first kappa shape index (κ1) is 10.3. The molecule has 0 fully saturated rings. The summed E-state index contributed by atoms with van der Waals surface area (Å²) >= 11 is 7.22. The predicted octanol–water partition coefficient (Wildman–Crippen LogP) is 3.77. The molecule has 0 aliphatic heterocycles. The van der Waals surface area contributed by atoms with Gasteiger partial charge in [-0.3, -0.25) is 4.79 Å². The molecule has 4 heteroatoms. The van der Waals surface area contributed by atoms with Crippen molar-refractivity contribution in [2.24, 2.45) is 0 Å². The lowest BCUT2D eigenvalue weighted by atomic mass is 10.1. The van der Waals surface area contributed by atoms with Crippen molar-refractivity contribution in [1.29, 1.82) is 0 Å². The topological polar surface area (TPSA) is 17.1 Å². The van der Waals surface area contributed by atoms with Crippen molar-refractivity contribution in [3.8, 4) is 0 Å². The Balaban J connectivity index is 2.42. The second kappa shape index (κ2) is 4.13. The van der Waals surface area contributed by atoms with Crippen LogP contribution in [0.5, 0.6) is 0 Å². The van der Waals surface area contributed by atoms with Gasteiger partial charge in [-0.25, -0.2) is 4.39 Å². The fraction of sp³-hybridized carbons (Fsp3) is 0. The standard InChI is InChI=1S/C11H6ClFOS/c12-10-5-8(13)1-2-9(10)11(14)7-3-4-15-6-7/h1-6H. The van der Waals surface area contributed by atoms with E-state index in [0.29, 0.717) is 11.1 Å². The van der Waals surface area contributed by atoms with E-state index in [0.717, 1.165) is 6.07 Å². The molecule has 15 heavy (non-hydrogen) atoms. The number of halogens is 2. The third kappa shape index (κ3) is 2.08. The number of rotatable bonds is 2. The molecule has 0 spiro atoms. The maximum Gasteiger partial charge on any atom is 0.195 e. The van der Waals surface area contributed by atoms with Crippen LogP contribution in [-0.4, -0.2) is 5.78 Å². The predicted molar refractivity (Wildman–Crippen MR) is 59.2 cm³/mol. The quantitative estimate of drug-likeness (QED) is 0.731. The Labute approximate surface area is 95.1 Å². The lowest BCUT2D eigenvalue weighted by molar-refractivity contribution is 0.103. The Hall–Kier alpha value is -1.19. The van der Waals surface area contributed by atoms with E-state index < -0.39 is 5.82 Å². The fourth-order valence-electron chi connectivity index (χ4n) is 1.22. The van der Waals surface area contributed by atoms with Crippen LogP contribution in [0.3, 0.4) is 0 Å². The minimum absolute atomic E-state index is 0.145. The molecule has 2 aromatic rings. The molecular formula is C11H6ClFOS. The van der Waals surface area contributed by atoms with E-state index in [1.165, 1.54) is 23.5 Å². The largest absolute Gasteiger partial charge is 0.289 e. The van der Waals surface area contributed by atoms with Gasteiger partial charge in [0.05, 0.1) is 5.02 Å². The average molecular weight is 241 g/mol. The Bertz CT molecular complexity index is 493. The summed E-state index contributed by atoms with van der Waals surface area (Å²) in [7, 11) is 0. The first-order valence-corrected chi connectivity index (χ1v) is 5.52. The van der Waals surface area contributed by atoms with Gasteiger partial charge in [-0.15, -0.1) is 0 Å². The second-order valence-corrected chi connectivity index (χ2v) is 4.15. The molecule has 0 saturated heterocycles. The number of thiophene rings is 1. The second-order valence-electron chi connectivity index (χ2n) is 2.97. The molecule has 1 heterocycles. The summed E-state index contributed by atoms with van der Waals surface area (Å²) in [6.07, 6.45) is 0. The Morgan fingerprint density at radius 2 is 2.13 bits per heavy atom. The van der Waals surface area contributed by atoms with Crippen molar-refractivity contribution in [2.45, 2.75) is 0 Å². The molecule has 0 bridgehead atoms. The lowest BCUT2D eigenvalue weighted by Crippen LogP contribution is -2.00. The summed E-state index contributed by atoms with van der Waals surface area (Å²) < 4.78 is 12.8. The molecule has 0 unspecified atom stereocenters. The molecule has 0 amide bonds.